The number of amides is 1. The Morgan fingerprint density at radius 3 is 2.58 bits per heavy atom. The van der Waals surface area contributed by atoms with E-state index in [4.69, 9.17) is 15.5 Å². The lowest BCUT2D eigenvalue weighted by Crippen LogP contribution is -2.28. The van der Waals surface area contributed by atoms with E-state index in [1.165, 1.54) is 6.92 Å². The molecule has 0 heterocycles. The van der Waals surface area contributed by atoms with Gasteiger partial charge in [0.1, 0.15) is 11.8 Å². The van der Waals surface area contributed by atoms with Crippen LogP contribution in [-0.2, 0) is 4.79 Å². The van der Waals surface area contributed by atoms with Crippen molar-refractivity contribution < 1.29 is 15.0 Å². The van der Waals surface area contributed by atoms with Crippen molar-refractivity contribution in [2.24, 2.45) is 0 Å². The Morgan fingerprint density at radius 2 is 2.25 bits per heavy atom. The van der Waals surface area contributed by atoms with E-state index in [1.54, 1.807) is 6.07 Å². The summed E-state index contributed by atoms with van der Waals surface area (Å²) in [7, 11) is 0. The largest absolute Gasteiger partial charge is 0.511 e. The van der Waals surface area contributed by atoms with Crippen LogP contribution in [0.4, 0.5) is 0 Å². The minimum atomic E-state index is -0.674. The van der Waals surface area contributed by atoms with Crippen LogP contribution in [0.1, 0.15) is 6.92 Å². The van der Waals surface area contributed by atoms with Crippen LogP contribution in [0.15, 0.2) is 11.3 Å². The number of carbonyl (C=O) groups excluding carboxylic acids is 1. The molecule has 0 aromatic carbocycles. The maximum Gasteiger partial charge on any atom is 0.265 e. The first-order chi connectivity index (χ1) is 5.63. The summed E-state index contributed by atoms with van der Waals surface area (Å²) in [4.78, 5) is 10.9. The number of hydrogen-bond acceptors (Lipinski definition) is 4. The number of aliphatic hydroxyl groups excluding tert-OH is 2. The Labute approximate surface area is 69.9 Å². The molecule has 3 N–H and O–H groups in total. The highest BCUT2D eigenvalue weighted by Gasteiger charge is 2.10. The van der Waals surface area contributed by atoms with Gasteiger partial charge in [-0.3, -0.25) is 4.79 Å². The molecule has 0 aliphatic rings. The molecule has 0 fully saturated rings. The molecule has 0 spiro atoms. The molecule has 0 saturated heterocycles. The highest BCUT2D eigenvalue weighted by molar-refractivity contribution is 5.97. The normalized spacial score (nSPS) is 11.4. The zero-order valence-corrected chi connectivity index (χ0v) is 6.66. The fourth-order valence-electron chi connectivity index (χ4n) is 0.554. The van der Waals surface area contributed by atoms with E-state index in [9.17, 15) is 4.79 Å². The summed E-state index contributed by atoms with van der Waals surface area (Å²) in [6, 6.07) is 1.55. The number of aliphatic hydroxyl groups is 2. The van der Waals surface area contributed by atoms with Crippen LogP contribution in [0.5, 0.6) is 0 Å². The van der Waals surface area contributed by atoms with E-state index in [0.29, 0.717) is 0 Å². The summed E-state index contributed by atoms with van der Waals surface area (Å²) in [6.07, 6.45) is 0. The second kappa shape index (κ2) is 5.16. The van der Waals surface area contributed by atoms with Crippen LogP contribution < -0.4 is 5.32 Å². The quantitative estimate of drug-likeness (QED) is 0.301. The Bertz CT molecular complexity index is 236. The average Bonchev–Trinajstić information content (AvgIpc) is 2.01. The third-order valence-electron chi connectivity index (χ3n) is 1.10. The van der Waals surface area contributed by atoms with Gasteiger partial charge in [0.15, 0.2) is 5.57 Å². The van der Waals surface area contributed by atoms with E-state index >= 15 is 0 Å². The highest BCUT2D eigenvalue weighted by atomic mass is 16.3. The van der Waals surface area contributed by atoms with Gasteiger partial charge in [-0.2, -0.15) is 5.26 Å². The van der Waals surface area contributed by atoms with Gasteiger partial charge in [0.25, 0.3) is 5.91 Å². The summed E-state index contributed by atoms with van der Waals surface area (Å²) >= 11 is 0. The Kier molecular flexibility index (Phi) is 4.49. The molecule has 0 bridgehead atoms. The van der Waals surface area contributed by atoms with Crippen LogP contribution >= 0.6 is 0 Å². The van der Waals surface area contributed by atoms with Gasteiger partial charge >= 0.3 is 0 Å². The van der Waals surface area contributed by atoms with Crippen molar-refractivity contribution in [3.63, 3.8) is 0 Å². The van der Waals surface area contributed by atoms with Gasteiger partial charge in [-0.05, 0) is 6.92 Å². The zero-order valence-electron chi connectivity index (χ0n) is 6.66. The first-order valence-electron chi connectivity index (χ1n) is 3.32. The van der Waals surface area contributed by atoms with Crippen molar-refractivity contribution >= 4 is 5.91 Å². The standard InChI is InChI=1S/C7H10N2O3/c1-5(11)6(4-8)7(12)9-2-3-10/h10-11H,2-3H2,1H3,(H,9,12)/b6-5-. The highest BCUT2D eigenvalue weighted by Crippen LogP contribution is 1.98. The molecule has 0 aliphatic heterocycles. The topological polar surface area (TPSA) is 93.3 Å². The van der Waals surface area contributed by atoms with Gasteiger partial charge < -0.3 is 15.5 Å². The molecule has 0 saturated carbocycles. The maximum absolute atomic E-state index is 10.9. The fourth-order valence-corrected chi connectivity index (χ4v) is 0.554. The molecule has 1 amide bonds. The smallest absolute Gasteiger partial charge is 0.265 e. The molecule has 0 radical (unpaired) electrons. The van der Waals surface area contributed by atoms with Crippen molar-refractivity contribution in [2.45, 2.75) is 6.92 Å². The molecular formula is C7H10N2O3. The molecule has 0 rings (SSSR count). The van der Waals surface area contributed by atoms with E-state index in [0.717, 1.165) is 0 Å². The van der Waals surface area contributed by atoms with Crippen LogP contribution in [0.3, 0.4) is 0 Å². The number of rotatable bonds is 3. The number of allylic oxidation sites excluding steroid dienone is 1. The van der Waals surface area contributed by atoms with Gasteiger partial charge in [0, 0.05) is 6.54 Å². The van der Waals surface area contributed by atoms with Gasteiger partial charge in [-0.1, -0.05) is 0 Å². The first kappa shape index (κ1) is 10.5. The minimum Gasteiger partial charge on any atom is -0.511 e. The predicted molar refractivity (Wildman–Crippen MR) is 41.0 cm³/mol. The lowest BCUT2D eigenvalue weighted by Gasteiger charge is -2.01. The summed E-state index contributed by atoms with van der Waals surface area (Å²) in [5, 5.41) is 27.8. The Hall–Kier alpha value is -1.54. The zero-order chi connectivity index (χ0) is 9.56. The second-order valence-electron chi connectivity index (χ2n) is 2.05. The lowest BCUT2D eigenvalue weighted by atomic mass is 10.2. The van der Waals surface area contributed by atoms with Gasteiger partial charge in [0.2, 0.25) is 0 Å². The van der Waals surface area contributed by atoms with Crippen molar-refractivity contribution in [3.05, 3.63) is 11.3 Å². The maximum atomic E-state index is 10.9. The molecular weight excluding hydrogens is 160 g/mol. The molecule has 0 atom stereocenters. The monoisotopic (exact) mass is 170 g/mol. The predicted octanol–water partition coefficient (Wildman–Crippen LogP) is -0.550. The molecule has 0 unspecified atom stereocenters. The lowest BCUT2D eigenvalue weighted by molar-refractivity contribution is -0.117. The fraction of sp³-hybridized carbons (Fsp3) is 0.429. The molecule has 5 nitrogen and oxygen atoms in total. The first-order valence-corrected chi connectivity index (χ1v) is 3.32. The van der Waals surface area contributed by atoms with Crippen molar-refractivity contribution in [3.8, 4) is 6.07 Å². The number of nitrogens with zero attached hydrogens (tertiary/aromatic N) is 1. The van der Waals surface area contributed by atoms with Gasteiger partial charge in [0.05, 0.1) is 6.61 Å². The van der Waals surface area contributed by atoms with E-state index in [1.807, 2.05) is 0 Å². The third kappa shape index (κ3) is 3.03. The summed E-state index contributed by atoms with van der Waals surface area (Å²) in [5.74, 6) is -1.00. The molecule has 0 aliphatic carbocycles. The Balaban J connectivity index is 4.28. The van der Waals surface area contributed by atoms with Crippen LogP contribution in [0.25, 0.3) is 0 Å². The van der Waals surface area contributed by atoms with E-state index in [2.05, 4.69) is 5.32 Å². The molecule has 0 aromatic rings. The third-order valence-corrected chi connectivity index (χ3v) is 1.10. The van der Waals surface area contributed by atoms with Crippen LogP contribution in [0, 0.1) is 11.3 Å². The van der Waals surface area contributed by atoms with Crippen molar-refractivity contribution in [1.29, 1.82) is 5.26 Å². The SMILES string of the molecule is C/C(O)=C(\C#N)C(=O)NCCO. The Morgan fingerprint density at radius 1 is 1.67 bits per heavy atom. The molecule has 5 heteroatoms. The molecule has 66 valence electrons. The summed E-state index contributed by atoms with van der Waals surface area (Å²) in [6.45, 7) is 1.11. The van der Waals surface area contributed by atoms with Crippen molar-refractivity contribution in [2.75, 3.05) is 13.2 Å². The van der Waals surface area contributed by atoms with Crippen molar-refractivity contribution in [1.82, 2.24) is 5.32 Å². The van der Waals surface area contributed by atoms with Gasteiger partial charge in [-0.25, -0.2) is 0 Å². The number of nitrogens with one attached hydrogen (secondary N) is 1. The summed E-state index contributed by atoms with van der Waals surface area (Å²) in [5.41, 5.74) is -0.330. The number of nitriles is 1. The van der Waals surface area contributed by atoms with E-state index in [-0.39, 0.29) is 24.5 Å². The van der Waals surface area contributed by atoms with E-state index < -0.39 is 5.91 Å². The van der Waals surface area contributed by atoms with Crippen LogP contribution in [-0.4, -0.2) is 29.3 Å². The second-order valence-corrected chi connectivity index (χ2v) is 2.05. The van der Waals surface area contributed by atoms with Crippen LogP contribution in [0.2, 0.25) is 0 Å². The van der Waals surface area contributed by atoms with Gasteiger partial charge in [-0.15, -0.1) is 0 Å². The minimum absolute atomic E-state index is 0.0668. The summed E-state index contributed by atoms with van der Waals surface area (Å²) < 4.78 is 0. The average molecular weight is 170 g/mol. The molecule has 0 aromatic heterocycles. The number of carbonyl (C=O) groups is 1. The number of hydrogen-bond donors (Lipinski definition) is 3. The molecule has 12 heavy (non-hydrogen) atoms.